The van der Waals surface area contributed by atoms with Gasteiger partial charge in [-0.25, -0.2) is 14.4 Å². The van der Waals surface area contributed by atoms with Crippen molar-refractivity contribution in [2.45, 2.75) is 26.8 Å². The van der Waals surface area contributed by atoms with Crippen molar-refractivity contribution < 1.29 is 9.18 Å². The van der Waals surface area contributed by atoms with Crippen LogP contribution >= 0.6 is 11.3 Å². The fourth-order valence-corrected chi connectivity index (χ4v) is 4.07. The lowest BCUT2D eigenvalue weighted by Gasteiger charge is -2.08. The number of nitrogens with zero attached hydrogens (tertiary/aromatic N) is 3. The zero-order chi connectivity index (χ0) is 19.7. The van der Waals surface area contributed by atoms with E-state index in [4.69, 9.17) is 0 Å². The maximum atomic E-state index is 13.2. The van der Waals surface area contributed by atoms with Crippen molar-refractivity contribution in [2.75, 3.05) is 5.32 Å². The second kappa shape index (κ2) is 7.52. The van der Waals surface area contributed by atoms with Gasteiger partial charge in [-0.15, -0.1) is 11.3 Å². The zero-order valence-electron chi connectivity index (χ0n) is 15.6. The molecular formula is C21H19FN4OS. The summed E-state index contributed by atoms with van der Waals surface area (Å²) in [5.74, 6) is -0.00924. The summed E-state index contributed by atoms with van der Waals surface area (Å²) in [5.41, 5.74) is 3.26. The van der Waals surface area contributed by atoms with E-state index in [1.54, 1.807) is 19.1 Å². The minimum absolute atomic E-state index is 0.240. The quantitative estimate of drug-likeness (QED) is 0.502. The Morgan fingerprint density at radius 3 is 2.64 bits per heavy atom. The zero-order valence-corrected chi connectivity index (χ0v) is 16.4. The number of rotatable bonds is 5. The molecule has 2 heterocycles. The molecule has 2 aromatic carbocycles. The van der Waals surface area contributed by atoms with Gasteiger partial charge in [0.15, 0.2) is 0 Å². The summed E-state index contributed by atoms with van der Waals surface area (Å²) < 4.78 is 15.2. The fourth-order valence-electron chi connectivity index (χ4n) is 3.10. The number of halogens is 1. The Balaban J connectivity index is 1.65. The van der Waals surface area contributed by atoms with E-state index >= 15 is 0 Å². The summed E-state index contributed by atoms with van der Waals surface area (Å²) >= 11 is 1.29. The average Bonchev–Trinajstić information content (AvgIpc) is 3.24. The topological polar surface area (TPSA) is 59.8 Å². The number of nitrogens with one attached hydrogen (secondary N) is 1. The molecule has 0 saturated heterocycles. The maximum Gasteiger partial charge on any atom is 0.269 e. The molecule has 7 heteroatoms. The van der Waals surface area contributed by atoms with Crippen LogP contribution in [0, 0.1) is 12.7 Å². The van der Waals surface area contributed by atoms with Crippen molar-refractivity contribution in [3.05, 3.63) is 64.9 Å². The molecule has 28 heavy (non-hydrogen) atoms. The third kappa shape index (κ3) is 3.41. The first-order valence-electron chi connectivity index (χ1n) is 9.07. The van der Waals surface area contributed by atoms with Gasteiger partial charge in [-0.1, -0.05) is 19.1 Å². The van der Waals surface area contributed by atoms with E-state index in [9.17, 15) is 9.18 Å². The van der Waals surface area contributed by atoms with Gasteiger partial charge in [-0.05, 0) is 49.7 Å². The number of fused-ring (bicyclic) bond motifs is 1. The van der Waals surface area contributed by atoms with Crippen molar-refractivity contribution in [3.63, 3.8) is 0 Å². The predicted octanol–water partition coefficient (Wildman–Crippen LogP) is 5.27. The lowest BCUT2D eigenvalue weighted by molar-refractivity contribution is 0.102. The number of aromatic nitrogens is 3. The first kappa shape index (κ1) is 18.3. The van der Waals surface area contributed by atoms with E-state index in [-0.39, 0.29) is 11.7 Å². The summed E-state index contributed by atoms with van der Waals surface area (Å²) in [6.45, 7) is 4.65. The molecule has 0 unspecified atom stereocenters. The molecule has 0 spiro atoms. The standard InChI is InChI=1S/C21H19FN4OS/c1-3-12-26-17-7-5-4-6-16(17)24-21(26)25-19(27)18-13(2)23-20(28-18)14-8-10-15(22)11-9-14/h4-11H,3,12H2,1-2H3,(H,24,25,27). The number of para-hydroxylation sites is 2. The van der Waals surface area contributed by atoms with E-state index in [1.807, 2.05) is 28.8 Å². The number of anilines is 1. The Kier molecular flexibility index (Phi) is 4.92. The summed E-state index contributed by atoms with van der Waals surface area (Å²) in [6, 6.07) is 13.9. The largest absolute Gasteiger partial charge is 0.310 e. The van der Waals surface area contributed by atoms with Gasteiger partial charge in [-0.2, -0.15) is 0 Å². The molecule has 142 valence electrons. The van der Waals surface area contributed by atoms with Crippen LogP contribution in [-0.2, 0) is 6.54 Å². The van der Waals surface area contributed by atoms with Crippen molar-refractivity contribution in [1.82, 2.24) is 14.5 Å². The van der Waals surface area contributed by atoms with Crippen LogP contribution in [-0.4, -0.2) is 20.4 Å². The normalized spacial score (nSPS) is 11.1. The summed E-state index contributed by atoms with van der Waals surface area (Å²) in [7, 11) is 0. The van der Waals surface area contributed by atoms with E-state index in [2.05, 4.69) is 22.2 Å². The second-order valence-corrected chi connectivity index (χ2v) is 7.47. The molecule has 1 amide bonds. The van der Waals surface area contributed by atoms with Gasteiger partial charge >= 0.3 is 0 Å². The highest BCUT2D eigenvalue weighted by Crippen LogP contribution is 2.29. The van der Waals surface area contributed by atoms with Crippen LogP contribution in [0.15, 0.2) is 48.5 Å². The first-order valence-corrected chi connectivity index (χ1v) is 9.88. The van der Waals surface area contributed by atoms with Gasteiger partial charge in [-0.3, -0.25) is 10.1 Å². The van der Waals surface area contributed by atoms with Crippen molar-refractivity contribution in [1.29, 1.82) is 0 Å². The average molecular weight is 394 g/mol. The summed E-state index contributed by atoms with van der Waals surface area (Å²) in [6.07, 6.45) is 0.928. The molecule has 5 nitrogen and oxygen atoms in total. The molecule has 1 N–H and O–H groups in total. The molecule has 0 aliphatic carbocycles. The third-order valence-corrected chi connectivity index (χ3v) is 5.63. The van der Waals surface area contributed by atoms with Crippen LogP contribution in [0.3, 0.4) is 0 Å². The number of aryl methyl sites for hydroxylation is 2. The first-order chi connectivity index (χ1) is 13.6. The van der Waals surface area contributed by atoms with Gasteiger partial charge in [0.2, 0.25) is 5.95 Å². The number of benzene rings is 2. The molecule has 0 atom stereocenters. The Hall–Kier alpha value is -3.06. The smallest absolute Gasteiger partial charge is 0.269 e. The minimum atomic E-state index is -0.301. The number of carbonyl (C=O) groups is 1. The highest BCUT2D eigenvalue weighted by Gasteiger charge is 2.19. The molecule has 0 bridgehead atoms. The third-order valence-electron chi connectivity index (χ3n) is 4.42. The number of amides is 1. The monoisotopic (exact) mass is 394 g/mol. The second-order valence-electron chi connectivity index (χ2n) is 6.47. The molecule has 0 aliphatic rings. The molecule has 0 aliphatic heterocycles. The predicted molar refractivity (Wildman–Crippen MR) is 110 cm³/mol. The Bertz CT molecular complexity index is 1150. The molecular weight excluding hydrogens is 375 g/mol. The highest BCUT2D eigenvalue weighted by molar-refractivity contribution is 7.17. The number of hydrogen-bond donors (Lipinski definition) is 1. The molecule has 0 radical (unpaired) electrons. The lowest BCUT2D eigenvalue weighted by Crippen LogP contribution is -2.16. The van der Waals surface area contributed by atoms with E-state index in [0.717, 1.165) is 29.6 Å². The number of thiazole rings is 1. The Labute approximate surface area is 165 Å². The Morgan fingerprint density at radius 2 is 1.89 bits per heavy atom. The van der Waals surface area contributed by atoms with Crippen LogP contribution in [0.25, 0.3) is 21.6 Å². The molecule has 2 aromatic heterocycles. The van der Waals surface area contributed by atoms with Crippen LogP contribution < -0.4 is 5.32 Å². The molecule has 0 fully saturated rings. The maximum absolute atomic E-state index is 13.2. The van der Waals surface area contributed by atoms with Gasteiger partial charge in [0.05, 0.1) is 16.7 Å². The Morgan fingerprint density at radius 1 is 1.14 bits per heavy atom. The van der Waals surface area contributed by atoms with Crippen molar-refractivity contribution in [2.24, 2.45) is 0 Å². The SMILES string of the molecule is CCCn1c(NC(=O)c2sc(-c3ccc(F)cc3)nc2C)nc2ccccc21. The van der Waals surface area contributed by atoms with Crippen LogP contribution in [0.5, 0.6) is 0 Å². The van der Waals surface area contributed by atoms with E-state index < -0.39 is 0 Å². The summed E-state index contributed by atoms with van der Waals surface area (Å²) in [4.78, 5) is 22.5. The molecule has 4 rings (SSSR count). The fraction of sp³-hybridized carbons (Fsp3) is 0.190. The number of hydrogen-bond acceptors (Lipinski definition) is 4. The van der Waals surface area contributed by atoms with Gasteiger partial charge in [0, 0.05) is 12.1 Å². The van der Waals surface area contributed by atoms with Crippen LogP contribution in [0.2, 0.25) is 0 Å². The lowest BCUT2D eigenvalue weighted by atomic mass is 10.2. The van der Waals surface area contributed by atoms with E-state index in [0.29, 0.717) is 21.5 Å². The van der Waals surface area contributed by atoms with Gasteiger partial charge < -0.3 is 4.57 Å². The highest BCUT2D eigenvalue weighted by atomic mass is 32.1. The van der Waals surface area contributed by atoms with Crippen LogP contribution in [0.1, 0.15) is 28.7 Å². The number of imidazole rings is 1. The van der Waals surface area contributed by atoms with Crippen molar-refractivity contribution >= 4 is 34.2 Å². The molecule has 0 saturated carbocycles. The summed E-state index contributed by atoms with van der Waals surface area (Å²) in [5, 5.41) is 3.62. The van der Waals surface area contributed by atoms with Gasteiger partial charge in [0.1, 0.15) is 15.7 Å². The minimum Gasteiger partial charge on any atom is -0.310 e. The van der Waals surface area contributed by atoms with Gasteiger partial charge in [0.25, 0.3) is 5.91 Å². The van der Waals surface area contributed by atoms with Crippen LogP contribution in [0.4, 0.5) is 10.3 Å². The van der Waals surface area contributed by atoms with Crippen molar-refractivity contribution in [3.8, 4) is 10.6 Å². The van der Waals surface area contributed by atoms with E-state index in [1.165, 1.54) is 23.5 Å². The number of carbonyl (C=O) groups excluding carboxylic acids is 1. The molecule has 4 aromatic rings.